The summed E-state index contributed by atoms with van der Waals surface area (Å²) in [5, 5.41) is 0. The van der Waals surface area contributed by atoms with E-state index >= 15 is 0 Å². The topological polar surface area (TPSA) is 34.1 Å². The highest BCUT2D eigenvalue weighted by Crippen LogP contribution is 2.09. The first-order valence-electron chi connectivity index (χ1n) is 2.52. The van der Waals surface area contributed by atoms with E-state index in [-0.39, 0.29) is 4.90 Å². The SMILES string of the molecule is O=[SH](=O)c1[c]cc(Br)cc1. The van der Waals surface area contributed by atoms with Crippen molar-refractivity contribution in [3.05, 3.63) is 28.7 Å². The van der Waals surface area contributed by atoms with Gasteiger partial charge in [0.2, 0.25) is 0 Å². The fourth-order valence-electron chi connectivity index (χ4n) is 0.511. The van der Waals surface area contributed by atoms with Crippen molar-refractivity contribution >= 4 is 26.6 Å². The Morgan fingerprint density at radius 1 is 1.40 bits per heavy atom. The van der Waals surface area contributed by atoms with Crippen molar-refractivity contribution in [2.75, 3.05) is 0 Å². The van der Waals surface area contributed by atoms with Crippen LogP contribution in [0.2, 0.25) is 0 Å². The Balaban J connectivity index is 3.12. The molecule has 0 amide bonds. The van der Waals surface area contributed by atoms with Crippen LogP contribution in [0.15, 0.2) is 27.6 Å². The van der Waals surface area contributed by atoms with E-state index < -0.39 is 10.7 Å². The lowest BCUT2D eigenvalue weighted by Gasteiger charge is -1.87. The normalized spacial score (nSPS) is 10.2. The number of hydrogen-bond donors (Lipinski definition) is 1. The van der Waals surface area contributed by atoms with Gasteiger partial charge in [-0.1, -0.05) is 15.9 Å². The summed E-state index contributed by atoms with van der Waals surface area (Å²) >= 11 is 3.17. The van der Waals surface area contributed by atoms with E-state index in [1.54, 1.807) is 12.1 Å². The number of benzene rings is 1. The van der Waals surface area contributed by atoms with Crippen molar-refractivity contribution in [3.8, 4) is 0 Å². The molecule has 0 saturated carbocycles. The molecule has 0 spiro atoms. The number of thiol groups is 1. The van der Waals surface area contributed by atoms with Gasteiger partial charge in [-0.2, -0.15) is 0 Å². The van der Waals surface area contributed by atoms with Gasteiger partial charge in [-0.3, -0.25) is 0 Å². The fourth-order valence-corrected chi connectivity index (χ4v) is 1.12. The Kier molecular flexibility index (Phi) is 2.45. The number of halogens is 1. The molecule has 0 aliphatic carbocycles. The van der Waals surface area contributed by atoms with Crippen molar-refractivity contribution in [2.24, 2.45) is 0 Å². The molecule has 1 aromatic rings. The van der Waals surface area contributed by atoms with Crippen LogP contribution in [0, 0.1) is 6.07 Å². The molecular weight excluding hydrogens is 216 g/mol. The van der Waals surface area contributed by atoms with Gasteiger partial charge >= 0.3 is 0 Å². The third-order valence-electron chi connectivity index (χ3n) is 0.955. The fraction of sp³-hybridized carbons (Fsp3) is 0. The van der Waals surface area contributed by atoms with Crippen LogP contribution >= 0.6 is 15.9 Å². The molecule has 0 heterocycles. The third kappa shape index (κ3) is 1.82. The van der Waals surface area contributed by atoms with Gasteiger partial charge in [-0.25, -0.2) is 8.42 Å². The highest BCUT2D eigenvalue weighted by Gasteiger charge is 1.92. The Morgan fingerprint density at radius 2 is 2.10 bits per heavy atom. The largest absolute Gasteiger partial charge is 0.227 e. The summed E-state index contributed by atoms with van der Waals surface area (Å²) in [4.78, 5) is 0.221. The third-order valence-corrected chi connectivity index (χ3v) is 2.12. The van der Waals surface area contributed by atoms with Crippen LogP contribution in [0.3, 0.4) is 0 Å². The van der Waals surface area contributed by atoms with Crippen molar-refractivity contribution in [2.45, 2.75) is 4.90 Å². The van der Waals surface area contributed by atoms with Gasteiger partial charge in [0, 0.05) is 10.5 Å². The van der Waals surface area contributed by atoms with E-state index in [4.69, 9.17) is 0 Å². The minimum atomic E-state index is -2.48. The Bertz CT molecular complexity index is 281. The lowest BCUT2D eigenvalue weighted by atomic mass is 10.4. The van der Waals surface area contributed by atoms with Gasteiger partial charge in [0.25, 0.3) is 0 Å². The zero-order chi connectivity index (χ0) is 7.56. The van der Waals surface area contributed by atoms with Gasteiger partial charge in [-0.05, 0) is 18.2 Å². The quantitative estimate of drug-likeness (QED) is 0.722. The molecule has 1 aromatic carbocycles. The maximum atomic E-state index is 10.3. The molecule has 0 aliphatic heterocycles. The standard InChI is InChI=1S/C6H4BrO2S/c7-5-1-3-6(4-2-5)10(8)9/h1-3,10H. The van der Waals surface area contributed by atoms with Crippen LogP contribution in [0.4, 0.5) is 0 Å². The average Bonchev–Trinajstić information content (AvgIpc) is 1.88. The van der Waals surface area contributed by atoms with Gasteiger partial charge < -0.3 is 0 Å². The molecule has 10 heavy (non-hydrogen) atoms. The van der Waals surface area contributed by atoms with Crippen molar-refractivity contribution in [3.63, 3.8) is 0 Å². The molecule has 0 saturated heterocycles. The van der Waals surface area contributed by atoms with Crippen LogP contribution in [-0.4, -0.2) is 8.42 Å². The van der Waals surface area contributed by atoms with Crippen molar-refractivity contribution in [1.82, 2.24) is 0 Å². The van der Waals surface area contributed by atoms with E-state index in [2.05, 4.69) is 22.0 Å². The van der Waals surface area contributed by atoms with Gasteiger partial charge in [0.1, 0.15) is 0 Å². The molecule has 0 atom stereocenters. The zero-order valence-corrected chi connectivity index (χ0v) is 7.35. The summed E-state index contributed by atoms with van der Waals surface area (Å²) in [6.45, 7) is 0. The van der Waals surface area contributed by atoms with Gasteiger partial charge in [-0.15, -0.1) is 0 Å². The predicted octanol–water partition coefficient (Wildman–Crippen LogP) is 1.22. The minimum Gasteiger partial charge on any atom is -0.227 e. The predicted molar refractivity (Wildman–Crippen MR) is 41.6 cm³/mol. The smallest absolute Gasteiger partial charge is 0.168 e. The van der Waals surface area contributed by atoms with E-state index in [1.807, 2.05) is 0 Å². The molecule has 1 radical (unpaired) electrons. The summed E-state index contributed by atoms with van der Waals surface area (Å²) in [6, 6.07) is 7.32. The molecule has 0 fully saturated rings. The number of rotatable bonds is 1. The monoisotopic (exact) mass is 219 g/mol. The Hall–Kier alpha value is -0.350. The van der Waals surface area contributed by atoms with E-state index in [1.165, 1.54) is 6.07 Å². The van der Waals surface area contributed by atoms with Crippen LogP contribution in [0.1, 0.15) is 0 Å². The van der Waals surface area contributed by atoms with Gasteiger partial charge in [0.15, 0.2) is 10.7 Å². The van der Waals surface area contributed by atoms with Crippen LogP contribution < -0.4 is 0 Å². The lowest BCUT2D eigenvalue weighted by molar-refractivity contribution is 0.614. The second kappa shape index (κ2) is 3.16. The van der Waals surface area contributed by atoms with E-state index in [9.17, 15) is 8.42 Å². The maximum absolute atomic E-state index is 10.3. The molecule has 1 rings (SSSR count). The highest BCUT2D eigenvalue weighted by molar-refractivity contribution is 9.10. The molecule has 0 N–H and O–H groups in total. The molecule has 0 unspecified atom stereocenters. The summed E-state index contributed by atoms with van der Waals surface area (Å²) in [5.41, 5.74) is 0. The molecule has 4 heteroatoms. The summed E-state index contributed by atoms with van der Waals surface area (Å²) in [6.07, 6.45) is 0. The molecule has 0 bridgehead atoms. The Morgan fingerprint density at radius 3 is 2.50 bits per heavy atom. The first-order chi connectivity index (χ1) is 4.70. The van der Waals surface area contributed by atoms with Crippen molar-refractivity contribution < 1.29 is 8.42 Å². The van der Waals surface area contributed by atoms with Gasteiger partial charge in [0.05, 0.1) is 4.90 Å². The summed E-state index contributed by atoms with van der Waals surface area (Å²) in [5.74, 6) is 0. The van der Waals surface area contributed by atoms with Crippen LogP contribution in [0.5, 0.6) is 0 Å². The summed E-state index contributed by atoms with van der Waals surface area (Å²) < 4.78 is 21.4. The first kappa shape index (κ1) is 7.75. The minimum absolute atomic E-state index is 0.221. The molecule has 2 nitrogen and oxygen atoms in total. The lowest BCUT2D eigenvalue weighted by Crippen LogP contribution is -1.77. The molecule has 53 valence electrons. The van der Waals surface area contributed by atoms with Crippen LogP contribution in [-0.2, 0) is 10.7 Å². The summed E-state index contributed by atoms with van der Waals surface area (Å²) in [7, 11) is -2.48. The maximum Gasteiger partial charge on any atom is 0.168 e. The van der Waals surface area contributed by atoms with E-state index in [0.717, 1.165) is 4.47 Å². The Labute approximate surface area is 69.0 Å². The average molecular weight is 220 g/mol. The molecular formula is C6H4BrO2S. The van der Waals surface area contributed by atoms with E-state index in [0.29, 0.717) is 0 Å². The second-order valence-corrected chi connectivity index (χ2v) is 3.56. The second-order valence-electron chi connectivity index (χ2n) is 1.65. The number of hydrogen-bond acceptors (Lipinski definition) is 2. The molecule has 0 aliphatic rings. The first-order valence-corrected chi connectivity index (χ1v) is 4.49. The molecule has 0 aromatic heterocycles. The van der Waals surface area contributed by atoms with Crippen molar-refractivity contribution in [1.29, 1.82) is 0 Å². The van der Waals surface area contributed by atoms with Crippen LogP contribution in [0.25, 0.3) is 0 Å². The highest BCUT2D eigenvalue weighted by atomic mass is 79.9. The zero-order valence-electron chi connectivity index (χ0n) is 4.87.